The van der Waals surface area contributed by atoms with Crippen LogP contribution in [-0.4, -0.2) is 17.0 Å². The molecule has 0 amide bonds. The van der Waals surface area contributed by atoms with Crippen molar-refractivity contribution in [1.29, 1.82) is 0 Å². The van der Waals surface area contributed by atoms with Gasteiger partial charge in [-0.2, -0.15) is 0 Å². The van der Waals surface area contributed by atoms with E-state index in [-0.39, 0.29) is 6.04 Å². The highest BCUT2D eigenvalue weighted by atomic mass is 127. The Bertz CT molecular complexity index is 442. The van der Waals surface area contributed by atoms with E-state index in [4.69, 9.17) is 0 Å². The number of aromatic nitrogens is 2. The maximum Gasteiger partial charge on any atom is 0.0801 e. The molecule has 0 aliphatic carbocycles. The van der Waals surface area contributed by atoms with Gasteiger partial charge >= 0.3 is 0 Å². The molecule has 16 heavy (non-hydrogen) atoms. The summed E-state index contributed by atoms with van der Waals surface area (Å²) >= 11 is 2.30. The lowest BCUT2D eigenvalue weighted by Crippen LogP contribution is -2.18. The van der Waals surface area contributed by atoms with Gasteiger partial charge in [-0.05, 0) is 47.3 Å². The van der Waals surface area contributed by atoms with Crippen LogP contribution in [0.1, 0.15) is 17.3 Å². The number of nitrogens with one attached hydrogen (secondary N) is 1. The predicted octanol–water partition coefficient (Wildman–Crippen LogP) is 2.39. The van der Waals surface area contributed by atoms with Gasteiger partial charge in [-0.3, -0.25) is 9.97 Å². The standard InChI is InChI=1S/C12H12IN3/c1-14-12(11-8-15-6-7-16-11)9-2-4-10(13)5-3-9/h2-8,12,14H,1H3. The minimum absolute atomic E-state index is 0.102. The van der Waals surface area contributed by atoms with Crippen molar-refractivity contribution in [3.63, 3.8) is 0 Å². The van der Waals surface area contributed by atoms with Crippen LogP contribution in [-0.2, 0) is 0 Å². The molecule has 0 bridgehead atoms. The molecule has 0 spiro atoms. The van der Waals surface area contributed by atoms with E-state index in [1.54, 1.807) is 18.6 Å². The molecule has 0 aliphatic heterocycles. The highest BCUT2D eigenvalue weighted by molar-refractivity contribution is 14.1. The van der Waals surface area contributed by atoms with Gasteiger partial charge in [0.1, 0.15) is 0 Å². The molecule has 0 aliphatic rings. The average Bonchev–Trinajstić information content (AvgIpc) is 2.34. The molecule has 1 heterocycles. The van der Waals surface area contributed by atoms with Crippen molar-refractivity contribution in [3.8, 4) is 0 Å². The van der Waals surface area contributed by atoms with Gasteiger partial charge in [0.2, 0.25) is 0 Å². The summed E-state index contributed by atoms with van der Waals surface area (Å²) in [6.45, 7) is 0. The maximum absolute atomic E-state index is 4.32. The van der Waals surface area contributed by atoms with Gasteiger partial charge in [0.25, 0.3) is 0 Å². The fraction of sp³-hybridized carbons (Fsp3) is 0.167. The van der Waals surface area contributed by atoms with Crippen LogP contribution >= 0.6 is 22.6 Å². The van der Waals surface area contributed by atoms with Gasteiger partial charge in [0, 0.05) is 16.0 Å². The molecule has 0 radical (unpaired) electrons. The first-order valence-corrected chi connectivity index (χ1v) is 6.08. The molecule has 2 aromatic rings. The number of nitrogens with zero attached hydrogens (tertiary/aromatic N) is 2. The first-order valence-electron chi connectivity index (χ1n) is 5.00. The number of halogens is 1. The quantitative estimate of drug-likeness (QED) is 0.881. The Hall–Kier alpha value is -1.01. The zero-order chi connectivity index (χ0) is 11.4. The highest BCUT2D eigenvalue weighted by Crippen LogP contribution is 2.19. The molecular formula is C12H12IN3. The van der Waals surface area contributed by atoms with Gasteiger partial charge in [0.15, 0.2) is 0 Å². The summed E-state index contributed by atoms with van der Waals surface area (Å²) in [5.41, 5.74) is 2.13. The van der Waals surface area contributed by atoms with Crippen LogP contribution in [0.15, 0.2) is 42.9 Å². The minimum Gasteiger partial charge on any atom is -0.308 e. The summed E-state index contributed by atoms with van der Waals surface area (Å²) in [4.78, 5) is 8.41. The third-order valence-electron chi connectivity index (χ3n) is 2.37. The van der Waals surface area contributed by atoms with Crippen LogP contribution in [0.3, 0.4) is 0 Å². The number of benzene rings is 1. The molecule has 1 atom stereocenters. The third kappa shape index (κ3) is 2.56. The monoisotopic (exact) mass is 325 g/mol. The van der Waals surface area contributed by atoms with Crippen molar-refractivity contribution in [1.82, 2.24) is 15.3 Å². The van der Waals surface area contributed by atoms with E-state index < -0.39 is 0 Å². The van der Waals surface area contributed by atoms with Gasteiger partial charge in [-0.25, -0.2) is 0 Å². The van der Waals surface area contributed by atoms with Gasteiger partial charge in [-0.1, -0.05) is 12.1 Å². The second-order valence-corrected chi connectivity index (χ2v) is 4.65. The van der Waals surface area contributed by atoms with Crippen LogP contribution in [0.25, 0.3) is 0 Å². The molecule has 0 saturated carbocycles. The number of hydrogen-bond acceptors (Lipinski definition) is 3. The van der Waals surface area contributed by atoms with Crippen LogP contribution in [0.4, 0.5) is 0 Å². The number of hydrogen-bond donors (Lipinski definition) is 1. The van der Waals surface area contributed by atoms with Gasteiger partial charge < -0.3 is 5.32 Å². The van der Waals surface area contributed by atoms with Crippen molar-refractivity contribution in [2.45, 2.75) is 6.04 Å². The van der Waals surface area contributed by atoms with Crippen LogP contribution in [0.2, 0.25) is 0 Å². The largest absolute Gasteiger partial charge is 0.308 e. The third-order valence-corrected chi connectivity index (χ3v) is 3.09. The fourth-order valence-corrected chi connectivity index (χ4v) is 1.96. The Morgan fingerprint density at radius 3 is 2.50 bits per heavy atom. The van der Waals surface area contributed by atoms with Crippen LogP contribution in [0, 0.1) is 3.57 Å². The average molecular weight is 325 g/mol. The molecular weight excluding hydrogens is 313 g/mol. The molecule has 4 heteroatoms. The first-order chi connectivity index (χ1) is 7.81. The minimum atomic E-state index is 0.102. The SMILES string of the molecule is CNC(c1ccc(I)cc1)c1cnccn1. The molecule has 0 saturated heterocycles. The lowest BCUT2D eigenvalue weighted by Gasteiger charge is -2.15. The van der Waals surface area contributed by atoms with E-state index in [1.807, 2.05) is 7.05 Å². The molecule has 0 fully saturated rings. The Balaban J connectivity index is 2.33. The van der Waals surface area contributed by atoms with Crippen LogP contribution < -0.4 is 5.32 Å². The maximum atomic E-state index is 4.32. The van der Waals surface area contributed by atoms with Crippen molar-refractivity contribution < 1.29 is 0 Å². The zero-order valence-electron chi connectivity index (χ0n) is 8.89. The molecule has 2 rings (SSSR count). The molecule has 1 unspecified atom stereocenters. The summed E-state index contributed by atoms with van der Waals surface area (Å²) in [5, 5.41) is 3.25. The normalized spacial score (nSPS) is 12.4. The van der Waals surface area contributed by atoms with E-state index in [1.165, 1.54) is 9.13 Å². The summed E-state index contributed by atoms with van der Waals surface area (Å²) in [6.07, 6.45) is 5.19. The zero-order valence-corrected chi connectivity index (χ0v) is 11.0. The van der Waals surface area contributed by atoms with Crippen molar-refractivity contribution >= 4 is 22.6 Å². The first kappa shape index (κ1) is 11.5. The summed E-state index contributed by atoms with van der Waals surface area (Å²) in [6, 6.07) is 8.51. The van der Waals surface area contributed by atoms with Crippen molar-refractivity contribution in [2.75, 3.05) is 7.05 Å². The molecule has 3 nitrogen and oxygen atoms in total. The Labute approximate surface area is 108 Å². The number of rotatable bonds is 3. The highest BCUT2D eigenvalue weighted by Gasteiger charge is 2.12. The lowest BCUT2D eigenvalue weighted by atomic mass is 10.0. The Kier molecular flexibility index (Phi) is 3.84. The van der Waals surface area contributed by atoms with Gasteiger partial charge in [-0.15, -0.1) is 0 Å². The predicted molar refractivity (Wildman–Crippen MR) is 72.1 cm³/mol. The van der Waals surface area contributed by atoms with E-state index >= 15 is 0 Å². The topological polar surface area (TPSA) is 37.8 Å². The molecule has 1 aromatic heterocycles. The molecule has 1 N–H and O–H groups in total. The summed E-state index contributed by atoms with van der Waals surface area (Å²) in [5.74, 6) is 0. The fourth-order valence-electron chi connectivity index (χ4n) is 1.60. The molecule has 1 aromatic carbocycles. The van der Waals surface area contributed by atoms with Crippen LogP contribution in [0.5, 0.6) is 0 Å². The Morgan fingerprint density at radius 1 is 1.19 bits per heavy atom. The second-order valence-electron chi connectivity index (χ2n) is 3.40. The molecule has 82 valence electrons. The summed E-state index contributed by atoms with van der Waals surface area (Å²) < 4.78 is 1.23. The Morgan fingerprint density at radius 2 is 1.94 bits per heavy atom. The second kappa shape index (κ2) is 5.36. The smallest absolute Gasteiger partial charge is 0.0801 e. The van der Waals surface area contributed by atoms with E-state index in [9.17, 15) is 0 Å². The van der Waals surface area contributed by atoms with Gasteiger partial charge in [0.05, 0.1) is 17.9 Å². The summed E-state index contributed by atoms with van der Waals surface area (Å²) in [7, 11) is 1.93. The van der Waals surface area contributed by atoms with E-state index in [0.29, 0.717) is 0 Å². The van der Waals surface area contributed by atoms with Crippen molar-refractivity contribution in [2.24, 2.45) is 0 Å². The van der Waals surface area contributed by atoms with E-state index in [2.05, 4.69) is 62.1 Å². The van der Waals surface area contributed by atoms with E-state index in [0.717, 1.165) is 5.69 Å². The lowest BCUT2D eigenvalue weighted by molar-refractivity contribution is 0.666. The van der Waals surface area contributed by atoms with Crippen molar-refractivity contribution in [3.05, 3.63) is 57.7 Å².